The van der Waals surface area contributed by atoms with Gasteiger partial charge in [-0.25, -0.2) is 4.79 Å². The zero-order chi connectivity index (χ0) is 15.1. The van der Waals surface area contributed by atoms with Gasteiger partial charge in [0.1, 0.15) is 6.04 Å². The van der Waals surface area contributed by atoms with Crippen LogP contribution in [-0.2, 0) is 20.7 Å². The lowest BCUT2D eigenvalue weighted by atomic mass is 10.0. The zero-order valence-electron chi connectivity index (χ0n) is 12.2. The summed E-state index contributed by atoms with van der Waals surface area (Å²) in [7, 11) is 2.90. The quantitative estimate of drug-likeness (QED) is 0.787. The second-order valence-electron chi connectivity index (χ2n) is 4.69. The van der Waals surface area contributed by atoms with Gasteiger partial charge in [-0.3, -0.25) is 4.79 Å². The maximum Gasteiger partial charge on any atom is 0.328 e. The topological polar surface area (TPSA) is 72.6 Å². The molecule has 2 atom stereocenters. The Balaban J connectivity index is 2.89. The van der Waals surface area contributed by atoms with E-state index in [0.717, 1.165) is 5.56 Å². The number of amides is 1. The van der Waals surface area contributed by atoms with Crippen molar-refractivity contribution in [3.05, 3.63) is 35.9 Å². The molecule has 0 aliphatic rings. The summed E-state index contributed by atoms with van der Waals surface area (Å²) in [5.74, 6) is -0.688. The van der Waals surface area contributed by atoms with E-state index in [1.54, 1.807) is 7.05 Å². The third-order valence-electron chi connectivity index (χ3n) is 3.32. The van der Waals surface area contributed by atoms with Crippen LogP contribution in [0.2, 0.25) is 0 Å². The normalized spacial score (nSPS) is 13.4. The van der Waals surface area contributed by atoms with Crippen molar-refractivity contribution < 1.29 is 14.3 Å². The molecule has 0 spiro atoms. The summed E-state index contributed by atoms with van der Waals surface area (Å²) in [6.45, 7) is 1.83. The van der Waals surface area contributed by atoms with Gasteiger partial charge >= 0.3 is 5.97 Å². The Morgan fingerprint density at radius 3 is 2.40 bits per heavy atom. The van der Waals surface area contributed by atoms with Gasteiger partial charge in [-0.15, -0.1) is 0 Å². The minimum atomic E-state index is -0.660. The fourth-order valence-electron chi connectivity index (χ4n) is 1.94. The van der Waals surface area contributed by atoms with Crippen molar-refractivity contribution in [2.45, 2.75) is 31.8 Å². The molecule has 0 saturated heterocycles. The molecule has 110 valence electrons. The van der Waals surface area contributed by atoms with Crippen molar-refractivity contribution in [1.82, 2.24) is 4.90 Å². The lowest BCUT2D eigenvalue weighted by molar-refractivity contribution is -0.152. The van der Waals surface area contributed by atoms with Crippen molar-refractivity contribution in [2.24, 2.45) is 5.73 Å². The molecule has 1 aromatic carbocycles. The van der Waals surface area contributed by atoms with Crippen LogP contribution >= 0.6 is 0 Å². The molecule has 0 aromatic heterocycles. The van der Waals surface area contributed by atoms with E-state index in [-0.39, 0.29) is 5.91 Å². The van der Waals surface area contributed by atoms with Crippen molar-refractivity contribution in [3.8, 4) is 0 Å². The lowest BCUT2D eigenvalue weighted by Crippen LogP contribution is -2.50. The first kappa shape index (κ1) is 16.2. The van der Waals surface area contributed by atoms with E-state index in [0.29, 0.717) is 12.8 Å². The smallest absolute Gasteiger partial charge is 0.328 e. The SMILES string of the molecule is CC[C@H](N)C(=O)N(C)[C@@H](Cc1ccccc1)C(=O)OC. The molecule has 0 fully saturated rings. The van der Waals surface area contributed by atoms with Gasteiger partial charge in [0.15, 0.2) is 0 Å². The number of ether oxygens (including phenoxy) is 1. The molecular weight excluding hydrogens is 256 g/mol. The number of hydrogen-bond donors (Lipinski definition) is 1. The van der Waals surface area contributed by atoms with Gasteiger partial charge in [0, 0.05) is 13.5 Å². The number of esters is 1. The molecule has 20 heavy (non-hydrogen) atoms. The molecule has 0 bridgehead atoms. The van der Waals surface area contributed by atoms with Crippen molar-refractivity contribution in [1.29, 1.82) is 0 Å². The number of carbonyl (C=O) groups is 2. The van der Waals surface area contributed by atoms with Crippen molar-refractivity contribution in [2.75, 3.05) is 14.2 Å². The molecule has 5 nitrogen and oxygen atoms in total. The molecule has 0 heterocycles. The van der Waals surface area contributed by atoms with E-state index >= 15 is 0 Å². The molecule has 0 aliphatic carbocycles. The van der Waals surface area contributed by atoms with E-state index < -0.39 is 18.1 Å². The maximum absolute atomic E-state index is 12.1. The van der Waals surface area contributed by atoms with E-state index in [4.69, 9.17) is 10.5 Å². The predicted octanol–water partition coefficient (Wildman–Crippen LogP) is 0.966. The van der Waals surface area contributed by atoms with Gasteiger partial charge in [-0.2, -0.15) is 0 Å². The number of hydrogen-bond acceptors (Lipinski definition) is 4. The summed E-state index contributed by atoms with van der Waals surface area (Å²) >= 11 is 0. The van der Waals surface area contributed by atoms with E-state index in [9.17, 15) is 9.59 Å². The number of carbonyl (C=O) groups excluding carboxylic acids is 2. The molecule has 2 N–H and O–H groups in total. The number of likely N-dealkylation sites (N-methyl/N-ethyl adjacent to an activating group) is 1. The van der Waals surface area contributed by atoms with Gasteiger partial charge in [0.2, 0.25) is 5.91 Å². The molecule has 1 amide bonds. The average molecular weight is 278 g/mol. The second kappa shape index (κ2) is 7.65. The summed E-state index contributed by atoms with van der Waals surface area (Å²) in [5.41, 5.74) is 6.71. The maximum atomic E-state index is 12.1. The molecule has 0 unspecified atom stereocenters. The third kappa shape index (κ3) is 4.06. The highest BCUT2D eigenvalue weighted by atomic mass is 16.5. The van der Waals surface area contributed by atoms with Gasteiger partial charge in [-0.05, 0) is 12.0 Å². The summed E-state index contributed by atoms with van der Waals surface area (Å²) in [6, 6.07) is 8.25. The van der Waals surface area contributed by atoms with Gasteiger partial charge in [0.05, 0.1) is 13.2 Å². The minimum absolute atomic E-state index is 0.251. The Morgan fingerprint density at radius 1 is 1.30 bits per heavy atom. The van der Waals surface area contributed by atoms with Crippen LogP contribution in [0.5, 0.6) is 0 Å². The van der Waals surface area contributed by atoms with Crippen LogP contribution in [0.15, 0.2) is 30.3 Å². The minimum Gasteiger partial charge on any atom is -0.467 e. The summed E-state index contributed by atoms with van der Waals surface area (Å²) < 4.78 is 4.80. The Morgan fingerprint density at radius 2 is 1.90 bits per heavy atom. The number of methoxy groups -OCH3 is 1. The van der Waals surface area contributed by atoms with Crippen LogP contribution in [0.4, 0.5) is 0 Å². The van der Waals surface area contributed by atoms with Gasteiger partial charge < -0.3 is 15.4 Å². The first-order chi connectivity index (χ1) is 9.51. The van der Waals surface area contributed by atoms with E-state index in [2.05, 4.69) is 0 Å². The van der Waals surface area contributed by atoms with Crippen molar-refractivity contribution >= 4 is 11.9 Å². The fourth-order valence-corrected chi connectivity index (χ4v) is 1.94. The van der Waals surface area contributed by atoms with Crippen LogP contribution in [0.25, 0.3) is 0 Å². The molecule has 5 heteroatoms. The highest BCUT2D eigenvalue weighted by Crippen LogP contribution is 2.11. The van der Waals surface area contributed by atoms with E-state index in [1.807, 2.05) is 37.3 Å². The van der Waals surface area contributed by atoms with E-state index in [1.165, 1.54) is 12.0 Å². The summed E-state index contributed by atoms with van der Waals surface area (Å²) in [4.78, 5) is 25.4. The Labute approximate surface area is 119 Å². The molecule has 0 saturated carbocycles. The summed E-state index contributed by atoms with van der Waals surface area (Å²) in [5, 5.41) is 0. The number of nitrogens with two attached hydrogens (primary N) is 1. The lowest BCUT2D eigenvalue weighted by Gasteiger charge is -2.28. The van der Waals surface area contributed by atoms with Crippen LogP contribution in [0.3, 0.4) is 0 Å². The predicted molar refractivity (Wildman–Crippen MR) is 77.0 cm³/mol. The first-order valence-electron chi connectivity index (χ1n) is 6.65. The van der Waals surface area contributed by atoms with Gasteiger partial charge in [0.25, 0.3) is 0 Å². The Kier molecular flexibility index (Phi) is 6.18. The number of benzene rings is 1. The second-order valence-corrected chi connectivity index (χ2v) is 4.69. The highest BCUT2D eigenvalue weighted by Gasteiger charge is 2.30. The third-order valence-corrected chi connectivity index (χ3v) is 3.32. The molecular formula is C15H22N2O3. The highest BCUT2D eigenvalue weighted by molar-refractivity contribution is 5.87. The summed E-state index contributed by atoms with van der Waals surface area (Å²) in [6.07, 6.45) is 0.939. The molecule has 0 radical (unpaired) electrons. The standard InChI is InChI=1S/C15H22N2O3/c1-4-12(16)14(18)17(2)13(15(19)20-3)10-11-8-6-5-7-9-11/h5-9,12-13H,4,10,16H2,1-3H3/t12-,13-/m0/s1. The Bertz CT molecular complexity index is 448. The van der Waals surface area contributed by atoms with Crippen molar-refractivity contribution in [3.63, 3.8) is 0 Å². The zero-order valence-corrected chi connectivity index (χ0v) is 12.2. The van der Waals surface area contributed by atoms with Crippen LogP contribution in [0.1, 0.15) is 18.9 Å². The molecule has 1 rings (SSSR count). The van der Waals surface area contributed by atoms with Crippen LogP contribution in [-0.4, -0.2) is 43.0 Å². The first-order valence-corrected chi connectivity index (χ1v) is 6.65. The number of rotatable bonds is 6. The van der Waals surface area contributed by atoms with Crippen LogP contribution in [0, 0.1) is 0 Å². The molecule has 0 aliphatic heterocycles. The largest absolute Gasteiger partial charge is 0.467 e. The fraction of sp³-hybridized carbons (Fsp3) is 0.467. The molecule has 1 aromatic rings. The monoisotopic (exact) mass is 278 g/mol. The average Bonchev–Trinajstić information content (AvgIpc) is 2.50. The van der Waals surface area contributed by atoms with Gasteiger partial charge in [-0.1, -0.05) is 37.3 Å². The Hall–Kier alpha value is -1.88. The number of nitrogens with zero attached hydrogens (tertiary/aromatic N) is 1. The van der Waals surface area contributed by atoms with Crippen LogP contribution < -0.4 is 5.73 Å².